The van der Waals surface area contributed by atoms with Crippen LogP contribution in [0.1, 0.15) is 24.8 Å². The predicted molar refractivity (Wildman–Crippen MR) is 87.8 cm³/mol. The summed E-state index contributed by atoms with van der Waals surface area (Å²) >= 11 is 1.63. The summed E-state index contributed by atoms with van der Waals surface area (Å²) in [4.78, 5) is 14.1. The Labute approximate surface area is 135 Å². The summed E-state index contributed by atoms with van der Waals surface area (Å²) in [5.41, 5.74) is 0.992. The lowest BCUT2D eigenvalue weighted by Gasteiger charge is -2.27. The third kappa shape index (κ3) is 3.27. The van der Waals surface area contributed by atoms with Crippen molar-refractivity contribution in [1.29, 1.82) is 0 Å². The van der Waals surface area contributed by atoms with Gasteiger partial charge in [0.25, 0.3) is 0 Å². The first-order chi connectivity index (χ1) is 10.5. The molecule has 1 heterocycles. The van der Waals surface area contributed by atoms with Gasteiger partial charge in [0.2, 0.25) is 11.7 Å². The van der Waals surface area contributed by atoms with Crippen LogP contribution >= 0.6 is 11.8 Å². The van der Waals surface area contributed by atoms with Gasteiger partial charge in [0, 0.05) is 6.54 Å². The van der Waals surface area contributed by atoms with E-state index < -0.39 is 0 Å². The second-order valence-corrected chi connectivity index (χ2v) is 6.63. The number of carbonyl (C=O) groups is 1. The third-order valence-corrected chi connectivity index (χ3v) is 4.76. The minimum Gasteiger partial charge on any atom is -0.493 e. The smallest absolute Gasteiger partial charge is 0.233 e. The Bertz CT molecular complexity index is 522. The second kappa shape index (κ2) is 7.13. The minimum absolute atomic E-state index is 0.0105. The molecular formula is C16H23NO4S. The van der Waals surface area contributed by atoms with Gasteiger partial charge in [-0.1, -0.05) is 13.8 Å². The maximum absolute atomic E-state index is 12.1. The Morgan fingerprint density at radius 3 is 2.23 bits per heavy atom. The van der Waals surface area contributed by atoms with E-state index >= 15 is 0 Å². The molecule has 0 radical (unpaired) electrons. The van der Waals surface area contributed by atoms with Gasteiger partial charge in [0.1, 0.15) is 5.37 Å². The molecule has 1 aliphatic heterocycles. The fourth-order valence-corrected chi connectivity index (χ4v) is 3.74. The van der Waals surface area contributed by atoms with Crippen LogP contribution in [0.3, 0.4) is 0 Å². The van der Waals surface area contributed by atoms with E-state index in [1.54, 1.807) is 33.1 Å². The number of hydrogen-bond acceptors (Lipinski definition) is 5. The molecule has 0 aliphatic carbocycles. The van der Waals surface area contributed by atoms with Gasteiger partial charge < -0.3 is 19.1 Å². The molecule has 1 aliphatic rings. The molecule has 1 atom stereocenters. The molecule has 0 aromatic heterocycles. The molecule has 5 nitrogen and oxygen atoms in total. The number of ether oxygens (including phenoxy) is 3. The molecule has 22 heavy (non-hydrogen) atoms. The van der Waals surface area contributed by atoms with Crippen molar-refractivity contribution in [2.45, 2.75) is 19.2 Å². The quantitative estimate of drug-likeness (QED) is 0.805. The van der Waals surface area contributed by atoms with Crippen LogP contribution in [0.5, 0.6) is 17.2 Å². The van der Waals surface area contributed by atoms with Crippen LogP contribution in [-0.4, -0.2) is 44.4 Å². The summed E-state index contributed by atoms with van der Waals surface area (Å²) in [5, 5.41) is -0.0105. The fourth-order valence-electron chi connectivity index (χ4n) is 2.56. The van der Waals surface area contributed by atoms with Gasteiger partial charge in [-0.2, -0.15) is 0 Å². The van der Waals surface area contributed by atoms with E-state index in [9.17, 15) is 4.79 Å². The molecule has 1 amide bonds. The highest BCUT2D eigenvalue weighted by Crippen LogP contribution is 2.45. The fraction of sp³-hybridized carbons (Fsp3) is 0.562. The SMILES string of the molecule is COc1cc(C2SCC(=O)N2CC(C)C)cc(OC)c1OC. The van der Waals surface area contributed by atoms with Crippen LogP contribution in [-0.2, 0) is 4.79 Å². The number of amides is 1. The van der Waals surface area contributed by atoms with E-state index in [0.717, 1.165) is 12.1 Å². The zero-order valence-electron chi connectivity index (χ0n) is 13.7. The number of nitrogens with zero attached hydrogens (tertiary/aromatic N) is 1. The average molecular weight is 325 g/mol. The zero-order valence-corrected chi connectivity index (χ0v) is 14.5. The summed E-state index contributed by atoms with van der Waals surface area (Å²) in [7, 11) is 4.78. The van der Waals surface area contributed by atoms with Crippen LogP contribution in [0, 0.1) is 5.92 Å². The van der Waals surface area contributed by atoms with Crippen molar-refractivity contribution >= 4 is 17.7 Å². The van der Waals surface area contributed by atoms with Crippen LogP contribution in [0.15, 0.2) is 12.1 Å². The molecule has 0 spiro atoms. The molecule has 6 heteroatoms. The Morgan fingerprint density at radius 2 is 1.77 bits per heavy atom. The zero-order chi connectivity index (χ0) is 16.3. The summed E-state index contributed by atoms with van der Waals surface area (Å²) in [6.07, 6.45) is 0. The minimum atomic E-state index is -0.0105. The van der Waals surface area contributed by atoms with Crippen molar-refractivity contribution in [1.82, 2.24) is 4.90 Å². The van der Waals surface area contributed by atoms with Gasteiger partial charge in [-0.3, -0.25) is 4.79 Å². The van der Waals surface area contributed by atoms with Crippen molar-refractivity contribution in [2.75, 3.05) is 33.6 Å². The number of hydrogen-bond donors (Lipinski definition) is 0. The maximum atomic E-state index is 12.1. The van der Waals surface area contributed by atoms with E-state index in [-0.39, 0.29) is 11.3 Å². The molecule has 0 bridgehead atoms. The molecule has 0 N–H and O–H groups in total. The van der Waals surface area contributed by atoms with Gasteiger partial charge in [-0.05, 0) is 23.6 Å². The molecular weight excluding hydrogens is 302 g/mol. The van der Waals surface area contributed by atoms with Gasteiger partial charge in [0.05, 0.1) is 27.1 Å². The molecule has 1 aromatic rings. The Kier molecular flexibility index (Phi) is 5.45. The summed E-state index contributed by atoms with van der Waals surface area (Å²) in [5.74, 6) is 2.90. The lowest BCUT2D eigenvalue weighted by atomic mass is 10.1. The van der Waals surface area contributed by atoms with Gasteiger partial charge in [-0.25, -0.2) is 0 Å². The van der Waals surface area contributed by atoms with Crippen molar-refractivity contribution in [3.05, 3.63) is 17.7 Å². The second-order valence-electron chi connectivity index (χ2n) is 5.56. The summed E-state index contributed by atoms with van der Waals surface area (Å²) in [6, 6.07) is 3.84. The highest BCUT2D eigenvalue weighted by molar-refractivity contribution is 8.00. The number of methoxy groups -OCH3 is 3. The molecule has 2 rings (SSSR count). The van der Waals surface area contributed by atoms with Crippen molar-refractivity contribution in [3.8, 4) is 17.2 Å². The summed E-state index contributed by atoms with van der Waals surface area (Å²) in [6.45, 7) is 4.97. The van der Waals surface area contributed by atoms with E-state index in [1.807, 2.05) is 17.0 Å². The van der Waals surface area contributed by atoms with Gasteiger partial charge in [-0.15, -0.1) is 11.8 Å². The number of rotatable bonds is 6. The predicted octanol–water partition coefficient (Wildman–Crippen LogP) is 2.94. The normalized spacial score (nSPS) is 18.0. The maximum Gasteiger partial charge on any atom is 0.233 e. The first-order valence-electron chi connectivity index (χ1n) is 7.22. The largest absolute Gasteiger partial charge is 0.493 e. The van der Waals surface area contributed by atoms with E-state index in [4.69, 9.17) is 14.2 Å². The van der Waals surface area contributed by atoms with Crippen LogP contribution < -0.4 is 14.2 Å². The van der Waals surface area contributed by atoms with E-state index in [0.29, 0.717) is 28.9 Å². The highest BCUT2D eigenvalue weighted by Gasteiger charge is 2.34. The van der Waals surface area contributed by atoms with Crippen molar-refractivity contribution in [2.24, 2.45) is 5.92 Å². The molecule has 0 saturated carbocycles. The number of thioether (sulfide) groups is 1. The topological polar surface area (TPSA) is 48.0 Å². The van der Waals surface area contributed by atoms with Gasteiger partial charge in [0.15, 0.2) is 11.5 Å². The first kappa shape index (κ1) is 16.8. The molecule has 122 valence electrons. The molecule has 1 aromatic carbocycles. The Morgan fingerprint density at radius 1 is 1.18 bits per heavy atom. The van der Waals surface area contributed by atoms with Crippen molar-refractivity contribution in [3.63, 3.8) is 0 Å². The standard InChI is InChI=1S/C16H23NO4S/c1-10(2)8-17-14(18)9-22-16(17)11-6-12(19-3)15(21-5)13(7-11)20-4/h6-7,10,16H,8-9H2,1-5H3. The van der Waals surface area contributed by atoms with E-state index in [1.165, 1.54) is 0 Å². The lowest BCUT2D eigenvalue weighted by Crippen LogP contribution is -2.31. The van der Waals surface area contributed by atoms with Crippen LogP contribution in [0.25, 0.3) is 0 Å². The highest BCUT2D eigenvalue weighted by atomic mass is 32.2. The summed E-state index contributed by atoms with van der Waals surface area (Å²) < 4.78 is 16.2. The van der Waals surface area contributed by atoms with Crippen molar-refractivity contribution < 1.29 is 19.0 Å². The average Bonchev–Trinajstić information content (AvgIpc) is 2.86. The first-order valence-corrected chi connectivity index (χ1v) is 8.27. The van der Waals surface area contributed by atoms with Gasteiger partial charge >= 0.3 is 0 Å². The van der Waals surface area contributed by atoms with Crippen LogP contribution in [0.2, 0.25) is 0 Å². The Balaban J connectivity index is 2.40. The number of carbonyl (C=O) groups excluding carboxylic acids is 1. The van der Waals surface area contributed by atoms with Crippen LogP contribution in [0.4, 0.5) is 0 Å². The molecule has 1 unspecified atom stereocenters. The molecule has 1 saturated heterocycles. The van der Waals surface area contributed by atoms with E-state index in [2.05, 4.69) is 13.8 Å². The molecule has 1 fully saturated rings. The third-order valence-electron chi connectivity index (χ3n) is 3.50. The number of benzene rings is 1. The Hall–Kier alpha value is -1.56. The monoisotopic (exact) mass is 325 g/mol. The lowest BCUT2D eigenvalue weighted by molar-refractivity contribution is -0.128.